The number of nitrogens with one attached hydrogen (secondary N) is 1. The van der Waals surface area contributed by atoms with Gasteiger partial charge in [0.2, 0.25) is 5.91 Å². The van der Waals surface area contributed by atoms with Crippen LogP contribution in [0.1, 0.15) is 24.6 Å². The van der Waals surface area contributed by atoms with Gasteiger partial charge in [0.15, 0.2) is 0 Å². The number of carbonyl (C=O) groups is 1. The number of piperazine rings is 1. The molecule has 1 N–H and O–H groups in total. The van der Waals surface area contributed by atoms with Gasteiger partial charge in [-0.05, 0) is 55.8 Å². The lowest BCUT2D eigenvalue weighted by Crippen LogP contribution is -2.46. The van der Waals surface area contributed by atoms with Gasteiger partial charge in [0, 0.05) is 55.5 Å². The van der Waals surface area contributed by atoms with Crippen molar-refractivity contribution in [3.8, 4) is 0 Å². The fourth-order valence-electron chi connectivity index (χ4n) is 4.09. The minimum absolute atomic E-state index is 0.142. The van der Waals surface area contributed by atoms with Crippen molar-refractivity contribution >= 4 is 38.6 Å². The van der Waals surface area contributed by atoms with E-state index in [-0.39, 0.29) is 12.3 Å². The summed E-state index contributed by atoms with van der Waals surface area (Å²) in [5.41, 5.74) is 1.92. The molecule has 0 radical (unpaired) electrons. The number of carbonyl (C=O) groups excluding carboxylic acids is 1. The van der Waals surface area contributed by atoms with E-state index in [1.54, 1.807) is 12.1 Å². The van der Waals surface area contributed by atoms with Crippen LogP contribution in [-0.4, -0.2) is 69.3 Å². The van der Waals surface area contributed by atoms with Crippen LogP contribution in [0.25, 0.3) is 0 Å². The lowest BCUT2D eigenvalue weighted by atomic mass is 10.2. The Labute approximate surface area is 188 Å². The highest BCUT2D eigenvalue weighted by Crippen LogP contribution is 2.28. The highest BCUT2D eigenvalue weighted by Gasteiger charge is 2.28. The van der Waals surface area contributed by atoms with Crippen LogP contribution < -0.4 is 10.2 Å². The van der Waals surface area contributed by atoms with Crippen molar-refractivity contribution in [1.82, 2.24) is 9.21 Å². The summed E-state index contributed by atoms with van der Waals surface area (Å²) in [5.74, 6) is -0.142. The first-order valence-electron chi connectivity index (χ1n) is 10.9. The topological polar surface area (TPSA) is 73.0 Å². The molecule has 2 aromatic rings. The van der Waals surface area contributed by atoms with Gasteiger partial charge in [0.25, 0.3) is 10.0 Å². The molecule has 0 aliphatic carbocycles. The number of sulfonamides is 1. The van der Waals surface area contributed by atoms with Crippen molar-refractivity contribution in [3.05, 3.63) is 41.3 Å². The lowest BCUT2D eigenvalue weighted by Gasteiger charge is -2.35. The zero-order valence-corrected chi connectivity index (χ0v) is 19.6. The minimum atomic E-state index is -3.42. The normalized spacial score (nSPS) is 18.4. The molecule has 2 aliphatic heterocycles. The second-order valence-electron chi connectivity index (χ2n) is 8.03. The van der Waals surface area contributed by atoms with Crippen LogP contribution in [-0.2, 0) is 21.2 Å². The van der Waals surface area contributed by atoms with E-state index in [0.29, 0.717) is 17.3 Å². The second-order valence-corrected chi connectivity index (χ2v) is 11.4. The molecule has 168 valence electrons. The van der Waals surface area contributed by atoms with Crippen molar-refractivity contribution in [2.45, 2.75) is 30.4 Å². The summed E-state index contributed by atoms with van der Waals surface area (Å²) in [6.07, 6.45) is 1.99. The number of nitrogens with zero attached hydrogens (tertiary/aromatic N) is 3. The standard InChI is InChI=1S/C22H30N4O3S2/c1-2-24-13-15-25(16-14-24)19-7-5-18(6-8-19)23-21(27)17-20-9-10-22(30-20)31(28,29)26-11-3-4-12-26/h5-10H,2-4,11-17H2,1H3,(H,23,27). The molecular weight excluding hydrogens is 432 g/mol. The van der Waals surface area contributed by atoms with E-state index in [4.69, 9.17) is 0 Å². The Hall–Kier alpha value is -1.94. The van der Waals surface area contributed by atoms with Gasteiger partial charge in [-0.3, -0.25) is 4.79 Å². The maximum Gasteiger partial charge on any atom is 0.252 e. The second kappa shape index (κ2) is 9.68. The Balaban J connectivity index is 1.31. The smallest absolute Gasteiger partial charge is 0.252 e. The average molecular weight is 463 g/mol. The lowest BCUT2D eigenvalue weighted by molar-refractivity contribution is -0.115. The fraction of sp³-hybridized carbons (Fsp3) is 0.500. The van der Waals surface area contributed by atoms with Gasteiger partial charge in [-0.1, -0.05) is 6.92 Å². The van der Waals surface area contributed by atoms with E-state index in [2.05, 4.69) is 22.0 Å². The van der Waals surface area contributed by atoms with Gasteiger partial charge in [-0.2, -0.15) is 4.31 Å². The third-order valence-electron chi connectivity index (χ3n) is 5.97. The molecule has 1 aromatic carbocycles. The molecular formula is C22H30N4O3S2. The molecule has 0 atom stereocenters. The van der Waals surface area contributed by atoms with Gasteiger partial charge in [0.05, 0.1) is 6.42 Å². The van der Waals surface area contributed by atoms with Crippen molar-refractivity contribution in [2.75, 3.05) is 56.0 Å². The SMILES string of the molecule is CCN1CCN(c2ccc(NC(=O)Cc3ccc(S(=O)(=O)N4CCCC4)s3)cc2)CC1. The minimum Gasteiger partial charge on any atom is -0.369 e. The van der Waals surface area contributed by atoms with Crippen molar-refractivity contribution in [1.29, 1.82) is 0 Å². The van der Waals surface area contributed by atoms with Crippen LogP contribution in [0.4, 0.5) is 11.4 Å². The zero-order valence-electron chi connectivity index (χ0n) is 17.9. The molecule has 1 aromatic heterocycles. The monoisotopic (exact) mass is 462 g/mol. The molecule has 0 saturated carbocycles. The number of anilines is 2. The molecule has 2 aliphatic rings. The maximum absolute atomic E-state index is 12.7. The van der Waals surface area contributed by atoms with Crippen LogP contribution >= 0.6 is 11.3 Å². The van der Waals surface area contributed by atoms with Crippen LogP contribution in [0.2, 0.25) is 0 Å². The number of hydrogen-bond donors (Lipinski definition) is 1. The number of thiophene rings is 1. The van der Waals surface area contributed by atoms with E-state index in [0.717, 1.165) is 56.1 Å². The Kier molecular flexibility index (Phi) is 6.95. The van der Waals surface area contributed by atoms with Gasteiger partial charge < -0.3 is 15.1 Å². The zero-order chi connectivity index (χ0) is 21.8. The maximum atomic E-state index is 12.7. The summed E-state index contributed by atoms with van der Waals surface area (Å²) in [4.78, 5) is 18.0. The van der Waals surface area contributed by atoms with Gasteiger partial charge >= 0.3 is 0 Å². The van der Waals surface area contributed by atoms with Crippen molar-refractivity contribution < 1.29 is 13.2 Å². The third kappa shape index (κ3) is 5.28. The molecule has 9 heteroatoms. The summed E-state index contributed by atoms with van der Waals surface area (Å²) < 4.78 is 27.2. The molecule has 0 unspecified atom stereocenters. The Morgan fingerprint density at radius 2 is 1.65 bits per heavy atom. The summed E-state index contributed by atoms with van der Waals surface area (Å²) in [6.45, 7) is 8.63. The van der Waals surface area contributed by atoms with E-state index in [1.807, 2.05) is 24.3 Å². The summed E-state index contributed by atoms with van der Waals surface area (Å²) >= 11 is 1.19. The number of amides is 1. The summed E-state index contributed by atoms with van der Waals surface area (Å²) in [7, 11) is -3.42. The Morgan fingerprint density at radius 3 is 2.29 bits per heavy atom. The third-order valence-corrected chi connectivity index (χ3v) is 9.42. The largest absolute Gasteiger partial charge is 0.369 e. The van der Waals surface area contributed by atoms with Gasteiger partial charge in [0.1, 0.15) is 4.21 Å². The molecule has 7 nitrogen and oxygen atoms in total. The van der Waals surface area contributed by atoms with E-state index >= 15 is 0 Å². The first-order valence-corrected chi connectivity index (χ1v) is 13.2. The van der Waals surface area contributed by atoms with Crippen LogP contribution in [0.3, 0.4) is 0 Å². The van der Waals surface area contributed by atoms with Crippen LogP contribution in [0.5, 0.6) is 0 Å². The predicted molar refractivity (Wildman–Crippen MR) is 125 cm³/mol. The molecule has 0 bridgehead atoms. The highest BCUT2D eigenvalue weighted by molar-refractivity contribution is 7.91. The Bertz CT molecular complexity index is 990. The van der Waals surface area contributed by atoms with Crippen molar-refractivity contribution in [2.24, 2.45) is 0 Å². The van der Waals surface area contributed by atoms with Gasteiger partial charge in [-0.15, -0.1) is 11.3 Å². The molecule has 0 spiro atoms. The van der Waals surface area contributed by atoms with Crippen LogP contribution in [0, 0.1) is 0 Å². The van der Waals surface area contributed by atoms with Gasteiger partial charge in [-0.25, -0.2) is 8.42 Å². The van der Waals surface area contributed by atoms with E-state index < -0.39 is 10.0 Å². The molecule has 1 amide bonds. The highest BCUT2D eigenvalue weighted by atomic mass is 32.2. The quantitative estimate of drug-likeness (QED) is 0.685. The molecule has 2 fully saturated rings. The average Bonchev–Trinajstić information content (AvgIpc) is 3.47. The van der Waals surface area contributed by atoms with Crippen molar-refractivity contribution in [3.63, 3.8) is 0 Å². The predicted octanol–water partition coefficient (Wildman–Crippen LogP) is 2.86. The number of rotatable bonds is 7. The summed E-state index contributed by atoms with van der Waals surface area (Å²) in [5, 5.41) is 2.92. The first-order chi connectivity index (χ1) is 15.0. The first kappa shape index (κ1) is 22.3. The fourth-order valence-corrected chi connectivity index (χ4v) is 7.11. The number of likely N-dealkylation sites (N-methyl/N-ethyl adjacent to an activating group) is 1. The molecule has 2 saturated heterocycles. The number of benzene rings is 1. The Morgan fingerprint density at radius 1 is 0.968 bits per heavy atom. The molecule has 31 heavy (non-hydrogen) atoms. The molecule has 4 rings (SSSR count). The summed E-state index contributed by atoms with van der Waals surface area (Å²) in [6, 6.07) is 11.3. The van der Waals surface area contributed by atoms with E-state index in [1.165, 1.54) is 21.3 Å². The number of hydrogen-bond acceptors (Lipinski definition) is 6. The van der Waals surface area contributed by atoms with E-state index in [9.17, 15) is 13.2 Å². The molecule has 3 heterocycles. The van der Waals surface area contributed by atoms with Crippen LogP contribution in [0.15, 0.2) is 40.6 Å².